The van der Waals surface area contributed by atoms with Crippen LogP contribution in [0, 0.1) is 5.92 Å². The summed E-state index contributed by atoms with van der Waals surface area (Å²) in [5.41, 5.74) is 0. The minimum absolute atomic E-state index is 0.266. The van der Waals surface area contributed by atoms with Gasteiger partial charge in [0.2, 0.25) is 5.91 Å². The molecule has 11 nitrogen and oxygen atoms in total. The van der Waals surface area contributed by atoms with Crippen molar-refractivity contribution in [2.75, 3.05) is 13.2 Å². The predicted octanol–water partition coefficient (Wildman–Crippen LogP) is 8.92. The third kappa shape index (κ3) is 28.0. The molecule has 1 heterocycles. The maximum absolute atomic E-state index is 13.1. The fourth-order valence-corrected chi connectivity index (χ4v) is 8.36. The molecule has 1 aliphatic rings. The van der Waals surface area contributed by atoms with E-state index in [1.807, 2.05) is 0 Å². The number of hydrogen-bond donors (Lipinski definition) is 8. The van der Waals surface area contributed by atoms with Gasteiger partial charge < -0.3 is 50.5 Å². The van der Waals surface area contributed by atoms with Crippen LogP contribution in [0.15, 0.2) is 0 Å². The Morgan fingerprint density at radius 2 is 0.967 bits per heavy atom. The molecule has 4 unspecified atom stereocenters. The lowest BCUT2D eigenvalue weighted by Gasteiger charge is -2.40. The number of amides is 1. The van der Waals surface area contributed by atoms with Crippen molar-refractivity contribution in [3.63, 3.8) is 0 Å². The zero-order valence-corrected chi connectivity index (χ0v) is 38.9. The zero-order valence-electron chi connectivity index (χ0n) is 38.9. The van der Waals surface area contributed by atoms with Gasteiger partial charge in [0.25, 0.3) is 0 Å². The normalized spacial score (nSPS) is 22.1. The standard InChI is InChI=1S/C49H97NO10/c1-4-6-7-8-9-10-11-12-13-14-15-16-17-18-19-20-23-27-30-33-36-42(53)48(58)50-40(38-59-49-47(57)46(56)45(55)43(37-51)60-49)44(54)41(52)35-32-29-26-24-21-22-25-28-31-34-39(3)5-2/h39-47,49,51-57H,4-38H2,1-3H3,(H,50,58)/t39?,40-,41+,42+,43?,44-,45-,46?,47?,49-/m0/s1. The van der Waals surface area contributed by atoms with E-state index in [0.29, 0.717) is 19.3 Å². The summed E-state index contributed by atoms with van der Waals surface area (Å²) in [7, 11) is 0. The molecule has 0 radical (unpaired) electrons. The third-order valence-electron chi connectivity index (χ3n) is 13.0. The molecule has 0 saturated carbocycles. The number of aliphatic hydroxyl groups excluding tert-OH is 7. The largest absolute Gasteiger partial charge is 0.394 e. The number of carbonyl (C=O) groups is 1. The smallest absolute Gasteiger partial charge is 0.249 e. The van der Waals surface area contributed by atoms with Crippen molar-refractivity contribution in [2.45, 2.75) is 288 Å². The summed E-state index contributed by atoms with van der Waals surface area (Å²) in [5.74, 6) is 0.122. The number of nitrogens with one attached hydrogen (secondary N) is 1. The highest BCUT2D eigenvalue weighted by Crippen LogP contribution is 2.23. The van der Waals surface area contributed by atoms with Gasteiger partial charge in [-0.25, -0.2) is 0 Å². The van der Waals surface area contributed by atoms with Gasteiger partial charge >= 0.3 is 0 Å². The van der Waals surface area contributed by atoms with Gasteiger partial charge in [0.15, 0.2) is 6.29 Å². The Labute approximate surface area is 367 Å². The monoisotopic (exact) mass is 860 g/mol. The fourth-order valence-electron chi connectivity index (χ4n) is 8.36. The minimum atomic E-state index is -1.66. The van der Waals surface area contributed by atoms with Gasteiger partial charge in [-0.3, -0.25) is 4.79 Å². The van der Waals surface area contributed by atoms with Gasteiger partial charge in [0, 0.05) is 0 Å². The Hall–Kier alpha value is -0.890. The van der Waals surface area contributed by atoms with E-state index in [2.05, 4.69) is 26.1 Å². The molecular weight excluding hydrogens is 763 g/mol. The molecule has 0 spiro atoms. The molecule has 358 valence electrons. The lowest BCUT2D eigenvalue weighted by atomic mass is 9.98. The van der Waals surface area contributed by atoms with E-state index in [-0.39, 0.29) is 6.42 Å². The zero-order chi connectivity index (χ0) is 44.2. The second kappa shape index (κ2) is 38.6. The van der Waals surface area contributed by atoms with E-state index >= 15 is 0 Å². The van der Waals surface area contributed by atoms with Crippen molar-refractivity contribution in [1.82, 2.24) is 5.32 Å². The van der Waals surface area contributed by atoms with Crippen LogP contribution >= 0.6 is 0 Å². The molecule has 8 N–H and O–H groups in total. The molecular formula is C49H97NO10. The third-order valence-corrected chi connectivity index (χ3v) is 13.0. The molecule has 11 heteroatoms. The van der Waals surface area contributed by atoms with E-state index in [4.69, 9.17) is 9.47 Å². The SMILES string of the molecule is CCCCCCCCCCCCCCCCCCCCCC[C@@H](O)C(=O)N[C@@H](CO[C@H]1OC(CO)[C@H](O)C(O)C1O)[C@H](O)[C@H](O)CCCCCCCCCCCC(C)CC. The maximum Gasteiger partial charge on any atom is 0.249 e. The number of ether oxygens (including phenoxy) is 2. The summed E-state index contributed by atoms with van der Waals surface area (Å²) in [6.45, 7) is 5.79. The first-order valence-electron chi connectivity index (χ1n) is 25.3. The molecule has 0 aromatic rings. The highest BCUT2D eigenvalue weighted by atomic mass is 16.7. The van der Waals surface area contributed by atoms with Crippen LogP contribution in [-0.2, 0) is 14.3 Å². The van der Waals surface area contributed by atoms with E-state index in [1.165, 1.54) is 148 Å². The van der Waals surface area contributed by atoms with Gasteiger partial charge in [0.05, 0.1) is 25.4 Å². The van der Waals surface area contributed by atoms with Crippen LogP contribution in [0.3, 0.4) is 0 Å². The van der Waals surface area contributed by atoms with Gasteiger partial charge in [-0.05, 0) is 18.8 Å². The van der Waals surface area contributed by atoms with Crippen LogP contribution in [0.25, 0.3) is 0 Å². The lowest BCUT2D eigenvalue weighted by molar-refractivity contribution is -0.303. The first-order valence-corrected chi connectivity index (χ1v) is 25.3. The summed E-state index contributed by atoms with van der Waals surface area (Å²) in [5, 5.41) is 75.8. The predicted molar refractivity (Wildman–Crippen MR) is 243 cm³/mol. The Bertz CT molecular complexity index is 959. The van der Waals surface area contributed by atoms with E-state index in [0.717, 1.165) is 44.4 Å². The maximum atomic E-state index is 13.1. The summed E-state index contributed by atoms with van der Waals surface area (Å²) in [6, 6.07) is -1.16. The Morgan fingerprint density at radius 3 is 1.38 bits per heavy atom. The van der Waals surface area contributed by atoms with Gasteiger partial charge in [-0.2, -0.15) is 0 Å². The highest BCUT2D eigenvalue weighted by molar-refractivity contribution is 5.80. The van der Waals surface area contributed by atoms with Crippen molar-refractivity contribution in [3.05, 3.63) is 0 Å². The van der Waals surface area contributed by atoms with Crippen LogP contribution in [0.1, 0.15) is 233 Å². The average Bonchev–Trinajstić information content (AvgIpc) is 3.25. The second-order valence-corrected chi connectivity index (χ2v) is 18.5. The van der Waals surface area contributed by atoms with Crippen molar-refractivity contribution < 1.29 is 50.0 Å². The van der Waals surface area contributed by atoms with Crippen molar-refractivity contribution in [3.8, 4) is 0 Å². The van der Waals surface area contributed by atoms with Crippen LogP contribution in [0.2, 0.25) is 0 Å². The molecule has 60 heavy (non-hydrogen) atoms. The average molecular weight is 860 g/mol. The van der Waals surface area contributed by atoms with Crippen molar-refractivity contribution in [1.29, 1.82) is 0 Å². The lowest BCUT2D eigenvalue weighted by Crippen LogP contribution is -2.60. The van der Waals surface area contributed by atoms with Crippen LogP contribution in [-0.4, -0.2) is 110 Å². The molecule has 1 amide bonds. The van der Waals surface area contributed by atoms with E-state index < -0.39 is 74.2 Å². The van der Waals surface area contributed by atoms with Crippen LogP contribution < -0.4 is 5.32 Å². The minimum Gasteiger partial charge on any atom is -0.394 e. The fraction of sp³-hybridized carbons (Fsp3) is 0.980. The number of hydrogen-bond acceptors (Lipinski definition) is 10. The molecule has 0 aromatic carbocycles. The van der Waals surface area contributed by atoms with Gasteiger partial charge in [-0.1, -0.05) is 220 Å². The molecule has 0 bridgehead atoms. The van der Waals surface area contributed by atoms with Crippen molar-refractivity contribution in [2.24, 2.45) is 5.92 Å². The number of unbranched alkanes of at least 4 members (excludes halogenated alkanes) is 27. The first kappa shape index (κ1) is 57.1. The van der Waals surface area contributed by atoms with Crippen LogP contribution in [0.5, 0.6) is 0 Å². The summed E-state index contributed by atoms with van der Waals surface area (Å²) in [6.07, 6.45) is 27.2. The molecule has 0 aromatic heterocycles. The quantitative estimate of drug-likeness (QED) is 0.0275. The van der Waals surface area contributed by atoms with Gasteiger partial charge in [-0.15, -0.1) is 0 Å². The molecule has 1 aliphatic heterocycles. The number of rotatable bonds is 42. The summed E-state index contributed by atoms with van der Waals surface area (Å²) >= 11 is 0. The topological polar surface area (TPSA) is 189 Å². The molecule has 1 fully saturated rings. The van der Waals surface area contributed by atoms with E-state index in [1.54, 1.807) is 0 Å². The highest BCUT2D eigenvalue weighted by Gasteiger charge is 2.44. The first-order chi connectivity index (χ1) is 29.1. The molecule has 1 saturated heterocycles. The second-order valence-electron chi connectivity index (χ2n) is 18.5. The number of carbonyl (C=O) groups excluding carboxylic acids is 1. The van der Waals surface area contributed by atoms with Crippen LogP contribution in [0.4, 0.5) is 0 Å². The summed E-state index contributed by atoms with van der Waals surface area (Å²) < 4.78 is 11.1. The Morgan fingerprint density at radius 1 is 0.567 bits per heavy atom. The molecule has 0 aliphatic carbocycles. The Balaban J connectivity index is 2.37. The molecule has 10 atom stereocenters. The Kier molecular flexibility index (Phi) is 36.7. The number of aliphatic hydroxyl groups is 7. The van der Waals surface area contributed by atoms with E-state index in [9.17, 15) is 40.5 Å². The van der Waals surface area contributed by atoms with Crippen molar-refractivity contribution >= 4 is 5.91 Å². The summed E-state index contributed by atoms with van der Waals surface area (Å²) in [4.78, 5) is 13.1. The van der Waals surface area contributed by atoms with Gasteiger partial charge in [0.1, 0.15) is 36.6 Å². The molecule has 1 rings (SSSR count).